The van der Waals surface area contributed by atoms with Crippen molar-refractivity contribution in [1.82, 2.24) is 0 Å². The molecule has 3 heteroatoms. The van der Waals surface area contributed by atoms with Crippen molar-refractivity contribution >= 4 is 5.69 Å². The molecule has 3 nitrogen and oxygen atoms in total. The number of aliphatic hydroxyl groups is 2. The van der Waals surface area contributed by atoms with Gasteiger partial charge in [-0.15, -0.1) is 0 Å². The predicted molar refractivity (Wildman–Crippen MR) is 80.7 cm³/mol. The van der Waals surface area contributed by atoms with Crippen molar-refractivity contribution < 1.29 is 10.2 Å². The summed E-state index contributed by atoms with van der Waals surface area (Å²) >= 11 is 0. The summed E-state index contributed by atoms with van der Waals surface area (Å²) in [5.74, 6) is 0. The van der Waals surface area contributed by atoms with E-state index < -0.39 is 0 Å². The fourth-order valence-corrected chi connectivity index (χ4v) is 2.30. The molecule has 0 saturated carbocycles. The molecule has 1 rings (SSSR count). The number of hydrogen-bond donors (Lipinski definition) is 2. The highest BCUT2D eigenvalue weighted by atomic mass is 16.3. The van der Waals surface area contributed by atoms with E-state index in [0.29, 0.717) is 0 Å². The van der Waals surface area contributed by atoms with E-state index in [9.17, 15) is 0 Å². The van der Waals surface area contributed by atoms with Crippen LogP contribution in [0.4, 0.5) is 5.69 Å². The van der Waals surface area contributed by atoms with Crippen LogP contribution in [0.2, 0.25) is 0 Å². The highest BCUT2D eigenvalue weighted by molar-refractivity contribution is 5.53. The van der Waals surface area contributed by atoms with Gasteiger partial charge in [0.1, 0.15) is 0 Å². The third-order valence-electron chi connectivity index (χ3n) is 3.39. The number of aryl methyl sites for hydroxylation is 1. The van der Waals surface area contributed by atoms with Crippen molar-refractivity contribution in [2.24, 2.45) is 0 Å². The Balaban J connectivity index is 2.69. The molecule has 108 valence electrons. The number of anilines is 1. The monoisotopic (exact) mass is 265 g/mol. The minimum atomic E-state index is 0.264. The summed E-state index contributed by atoms with van der Waals surface area (Å²) < 4.78 is 0. The van der Waals surface area contributed by atoms with Crippen molar-refractivity contribution in [3.8, 4) is 0 Å². The lowest BCUT2D eigenvalue weighted by molar-refractivity contribution is 0.282. The molecule has 1 aromatic carbocycles. The molecule has 1 aromatic rings. The van der Waals surface area contributed by atoms with Crippen LogP contribution >= 0.6 is 0 Å². The van der Waals surface area contributed by atoms with Gasteiger partial charge in [-0.25, -0.2) is 0 Å². The highest BCUT2D eigenvalue weighted by Crippen LogP contribution is 2.22. The van der Waals surface area contributed by atoms with Gasteiger partial charge in [0.05, 0.1) is 0 Å². The van der Waals surface area contributed by atoms with E-state index >= 15 is 0 Å². The summed E-state index contributed by atoms with van der Waals surface area (Å²) in [4.78, 5) is 2.39. The lowest BCUT2D eigenvalue weighted by Gasteiger charge is -2.27. The van der Waals surface area contributed by atoms with Crippen molar-refractivity contribution in [1.29, 1.82) is 0 Å². The van der Waals surface area contributed by atoms with Crippen molar-refractivity contribution in [2.75, 3.05) is 31.2 Å². The molecule has 0 amide bonds. The van der Waals surface area contributed by atoms with Crippen LogP contribution in [0, 0.1) is 0 Å². The fourth-order valence-electron chi connectivity index (χ4n) is 2.30. The molecule has 2 N–H and O–H groups in total. The number of aliphatic hydroxyl groups excluding tert-OH is 2. The van der Waals surface area contributed by atoms with Crippen LogP contribution in [-0.4, -0.2) is 36.5 Å². The van der Waals surface area contributed by atoms with Gasteiger partial charge in [0.15, 0.2) is 0 Å². The Labute approximate surface area is 116 Å². The molecule has 0 radical (unpaired) electrons. The quantitative estimate of drug-likeness (QED) is 0.639. The van der Waals surface area contributed by atoms with Crippen LogP contribution < -0.4 is 4.90 Å². The molecule has 0 bridgehead atoms. The third kappa shape index (κ3) is 5.62. The summed E-state index contributed by atoms with van der Waals surface area (Å²) in [5.41, 5.74) is 2.68. The predicted octanol–water partition coefficient (Wildman–Crippen LogP) is 2.60. The zero-order valence-corrected chi connectivity index (χ0v) is 12.0. The number of benzene rings is 1. The van der Waals surface area contributed by atoms with Gasteiger partial charge < -0.3 is 15.1 Å². The molecule has 0 aliphatic heterocycles. The molecular formula is C16H27NO2. The molecule has 0 spiro atoms. The van der Waals surface area contributed by atoms with Crippen LogP contribution in [0.5, 0.6) is 0 Å². The van der Waals surface area contributed by atoms with Crippen molar-refractivity contribution in [3.05, 3.63) is 29.8 Å². The number of unbranched alkanes of at least 4 members (excludes halogenated alkanes) is 2. The first-order chi connectivity index (χ1) is 9.33. The lowest BCUT2D eigenvalue weighted by atomic mass is 10.1. The minimum Gasteiger partial charge on any atom is -0.396 e. The molecule has 0 heterocycles. The van der Waals surface area contributed by atoms with Gasteiger partial charge in [0.2, 0.25) is 0 Å². The van der Waals surface area contributed by atoms with E-state index in [1.165, 1.54) is 11.3 Å². The first-order valence-corrected chi connectivity index (χ1v) is 7.38. The zero-order chi connectivity index (χ0) is 13.9. The molecule has 0 aliphatic rings. The van der Waals surface area contributed by atoms with E-state index in [-0.39, 0.29) is 13.2 Å². The maximum Gasteiger partial charge on any atom is 0.0431 e. The molecule has 0 saturated heterocycles. The largest absolute Gasteiger partial charge is 0.396 e. The highest BCUT2D eigenvalue weighted by Gasteiger charge is 2.09. The smallest absolute Gasteiger partial charge is 0.0431 e. The van der Waals surface area contributed by atoms with E-state index in [1.54, 1.807) is 0 Å². The first-order valence-electron chi connectivity index (χ1n) is 7.38. The SMILES string of the molecule is CCc1ccccc1N(CCCCO)CCCCO. The molecule has 0 atom stereocenters. The summed E-state index contributed by atoms with van der Waals surface area (Å²) in [7, 11) is 0. The number of hydrogen-bond acceptors (Lipinski definition) is 3. The summed E-state index contributed by atoms with van der Waals surface area (Å²) in [6.45, 7) is 4.66. The first kappa shape index (κ1) is 16.0. The second kappa shape index (κ2) is 9.82. The Bertz CT molecular complexity index is 331. The van der Waals surface area contributed by atoms with Gasteiger partial charge in [0.25, 0.3) is 0 Å². The molecule has 19 heavy (non-hydrogen) atoms. The second-order valence-electron chi connectivity index (χ2n) is 4.83. The molecule has 0 aliphatic carbocycles. The van der Waals surface area contributed by atoms with E-state index in [0.717, 1.165) is 45.2 Å². The maximum absolute atomic E-state index is 8.91. The second-order valence-corrected chi connectivity index (χ2v) is 4.83. The zero-order valence-electron chi connectivity index (χ0n) is 12.0. The van der Waals surface area contributed by atoms with Crippen LogP contribution in [0.1, 0.15) is 38.2 Å². The summed E-state index contributed by atoms with van der Waals surface area (Å²) in [5, 5.41) is 17.8. The number of nitrogens with zero attached hydrogens (tertiary/aromatic N) is 1. The lowest BCUT2D eigenvalue weighted by Crippen LogP contribution is -2.27. The average Bonchev–Trinajstić information content (AvgIpc) is 2.46. The van der Waals surface area contributed by atoms with Crippen LogP contribution in [0.3, 0.4) is 0 Å². The topological polar surface area (TPSA) is 43.7 Å². The van der Waals surface area contributed by atoms with Gasteiger partial charge in [-0.3, -0.25) is 0 Å². The van der Waals surface area contributed by atoms with Crippen molar-refractivity contribution in [3.63, 3.8) is 0 Å². The van der Waals surface area contributed by atoms with Crippen LogP contribution in [0.15, 0.2) is 24.3 Å². The average molecular weight is 265 g/mol. The summed E-state index contributed by atoms with van der Waals surface area (Å²) in [6.07, 6.45) is 4.75. The van der Waals surface area contributed by atoms with E-state index in [2.05, 4.69) is 36.1 Å². The van der Waals surface area contributed by atoms with Crippen molar-refractivity contribution in [2.45, 2.75) is 39.0 Å². The summed E-state index contributed by atoms with van der Waals surface area (Å²) in [6, 6.07) is 8.53. The Morgan fingerprint density at radius 1 is 0.895 bits per heavy atom. The van der Waals surface area contributed by atoms with Crippen LogP contribution in [-0.2, 0) is 6.42 Å². The normalized spacial score (nSPS) is 10.7. The van der Waals surface area contributed by atoms with Gasteiger partial charge in [0, 0.05) is 32.0 Å². The Morgan fingerprint density at radius 2 is 1.47 bits per heavy atom. The standard InChI is InChI=1S/C16H27NO2/c1-2-15-9-3-4-10-16(15)17(11-5-7-13-18)12-6-8-14-19/h3-4,9-10,18-19H,2,5-8,11-14H2,1H3. The minimum absolute atomic E-state index is 0.264. The Morgan fingerprint density at radius 3 is 2.00 bits per heavy atom. The van der Waals surface area contributed by atoms with Gasteiger partial charge in [-0.2, -0.15) is 0 Å². The van der Waals surface area contributed by atoms with Gasteiger partial charge in [-0.05, 0) is 43.7 Å². The molecular weight excluding hydrogens is 238 g/mol. The van der Waals surface area contributed by atoms with Gasteiger partial charge in [-0.1, -0.05) is 25.1 Å². The molecule has 0 fully saturated rings. The van der Waals surface area contributed by atoms with E-state index in [4.69, 9.17) is 10.2 Å². The number of para-hydroxylation sites is 1. The Kier molecular flexibility index (Phi) is 8.26. The molecule has 0 aromatic heterocycles. The maximum atomic E-state index is 8.91. The van der Waals surface area contributed by atoms with E-state index in [1.807, 2.05) is 0 Å². The van der Waals surface area contributed by atoms with Gasteiger partial charge >= 0.3 is 0 Å². The number of rotatable bonds is 10. The van der Waals surface area contributed by atoms with Crippen LogP contribution in [0.25, 0.3) is 0 Å². The fraction of sp³-hybridized carbons (Fsp3) is 0.625. The third-order valence-corrected chi connectivity index (χ3v) is 3.39. The Hall–Kier alpha value is -1.06. The molecule has 0 unspecified atom stereocenters.